The third kappa shape index (κ3) is 4.78. The minimum atomic E-state index is -0.263. The Bertz CT molecular complexity index is 930. The van der Waals surface area contributed by atoms with E-state index in [-0.39, 0.29) is 5.91 Å². The van der Waals surface area contributed by atoms with Crippen molar-refractivity contribution in [1.82, 2.24) is 15.3 Å². The molecule has 1 aromatic carbocycles. The largest absolute Gasteiger partial charge is 0.378 e. The number of hydrogen-bond donors (Lipinski definition) is 1. The topological polar surface area (TPSA) is 66.8 Å². The monoisotopic (exact) mass is 388 g/mol. The Kier molecular flexibility index (Phi) is 6.12. The summed E-state index contributed by atoms with van der Waals surface area (Å²) in [5.74, 6) is -0.263. The van der Waals surface area contributed by atoms with Gasteiger partial charge in [-0.1, -0.05) is 30.3 Å². The number of morpholine rings is 1. The first-order valence-electron chi connectivity index (χ1n) is 9.86. The van der Waals surface area contributed by atoms with Gasteiger partial charge in [-0.3, -0.25) is 9.78 Å². The number of nitrogens with one attached hydrogen (secondary N) is 1. The normalized spacial score (nSPS) is 18.6. The molecule has 0 atom stereocenters. The summed E-state index contributed by atoms with van der Waals surface area (Å²) < 4.78 is 5.53. The smallest absolute Gasteiger partial charge is 0.272 e. The molecule has 2 aromatic rings. The van der Waals surface area contributed by atoms with Gasteiger partial charge < -0.3 is 9.64 Å². The molecule has 0 saturated carbocycles. The summed E-state index contributed by atoms with van der Waals surface area (Å²) in [6, 6.07) is 13.8. The fourth-order valence-electron chi connectivity index (χ4n) is 3.65. The van der Waals surface area contributed by atoms with E-state index in [0.29, 0.717) is 5.56 Å². The van der Waals surface area contributed by atoms with Crippen molar-refractivity contribution in [3.8, 4) is 0 Å². The van der Waals surface area contributed by atoms with Crippen molar-refractivity contribution < 1.29 is 9.53 Å². The number of carbonyl (C=O) groups excluding carboxylic acids is 1. The minimum Gasteiger partial charge on any atom is -0.378 e. The van der Waals surface area contributed by atoms with E-state index in [4.69, 9.17) is 4.74 Å². The van der Waals surface area contributed by atoms with E-state index in [2.05, 4.69) is 50.8 Å². The quantitative estimate of drug-likeness (QED) is 0.631. The first kappa shape index (κ1) is 19.1. The number of aromatic nitrogens is 1. The lowest BCUT2D eigenvalue weighted by Gasteiger charge is -2.31. The summed E-state index contributed by atoms with van der Waals surface area (Å²) in [4.78, 5) is 18.5. The van der Waals surface area contributed by atoms with E-state index in [9.17, 15) is 4.79 Å². The van der Waals surface area contributed by atoms with E-state index in [1.54, 1.807) is 24.5 Å². The number of hydrogen-bond acceptors (Lipinski definition) is 5. The standard InChI is InChI=1S/C23H24N4O2/c28-23(21-7-4-10-24-16-21)26-25-17-20-9-8-19(15-18-5-2-1-3-6-18)22(20)27-11-13-29-14-12-27/h1-7,10,15-17H,8-9,11-14H2,(H,26,28)/b19-15-,25-17-. The first-order valence-corrected chi connectivity index (χ1v) is 9.86. The highest BCUT2D eigenvalue weighted by Gasteiger charge is 2.25. The molecule has 1 saturated heterocycles. The third-order valence-electron chi connectivity index (χ3n) is 5.05. The fraction of sp³-hybridized carbons (Fsp3) is 0.261. The highest BCUT2D eigenvalue weighted by molar-refractivity contribution is 5.94. The predicted octanol–water partition coefficient (Wildman–Crippen LogP) is 3.26. The lowest BCUT2D eigenvalue weighted by molar-refractivity contribution is 0.0548. The number of ether oxygens (including phenoxy) is 1. The lowest BCUT2D eigenvalue weighted by Crippen LogP contribution is -2.36. The van der Waals surface area contributed by atoms with Gasteiger partial charge in [0.1, 0.15) is 0 Å². The molecule has 148 valence electrons. The maximum Gasteiger partial charge on any atom is 0.272 e. The third-order valence-corrected chi connectivity index (χ3v) is 5.05. The number of rotatable bonds is 5. The van der Waals surface area contributed by atoms with Gasteiger partial charge in [0.25, 0.3) is 5.91 Å². The van der Waals surface area contributed by atoms with Gasteiger partial charge in [-0.2, -0.15) is 5.10 Å². The Labute approximate surface area is 170 Å². The average molecular weight is 388 g/mol. The zero-order valence-corrected chi connectivity index (χ0v) is 16.3. The number of allylic oxidation sites excluding steroid dienone is 2. The maximum atomic E-state index is 12.2. The molecule has 1 aliphatic carbocycles. The van der Waals surface area contributed by atoms with Crippen molar-refractivity contribution in [3.63, 3.8) is 0 Å². The second-order valence-corrected chi connectivity index (χ2v) is 6.99. The van der Waals surface area contributed by atoms with Crippen LogP contribution in [0, 0.1) is 0 Å². The molecule has 1 aliphatic heterocycles. The lowest BCUT2D eigenvalue weighted by atomic mass is 10.1. The number of benzene rings is 1. The molecule has 4 rings (SSSR count). The van der Waals surface area contributed by atoms with E-state index in [1.165, 1.54) is 23.0 Å². The van der Waals surface area contributed by atoms with Crippen LogP contribution in [0.15, 0.2) is 76.8 Å². The summed E-state index contributed by atoms with van der Waals surface area (Å²) in [6.45, 7) is 3.18. The molecule has 1 fully saturated rings. The van der Waals surface area contributed by atoms with Crippen molar-refractivity contribution in [3.05, 3.63) is 82.8 Å². The van der Waals surface area contributed by atoms with Gasteiger partial charge in [0.2, 0.25) is 0 Å². The van der Waals surface area contributed by atoms with Crippen LogP contribution in [-0.4, -0.2) is 48.3 Å². The van der Waals surface area contributed by atoms with E-state index in [1.807, 2.05) is 6.07 Å². The van der Waals surface area contributed by atoms with E-state index < -0.39 is 0 Å². The molecule has 1 aromatic heterocycles. The highest BCUT2D eigenvalue weighted by atomic mass is 16.5. The maximum absolute atomic E-state index is 12.2. The van der Waals surface area contributed by atoms with Crippen molar-refractivity contribution in [2.24, 2.45) is 5.10 Å². The number of amides is 1. The van der Waals surface area contributed by atoms with E-state index >= 15 is 0 Å². The summed E-state index contributed by atoms with van der Waals surface area (Å²) in [6.07, 6.45) is 9.06. The highest BCUT2D eigenvalue weighted by Crippen LogP contribution is 2.34. The molecule has 1 N–H and O–H groups in total. The summed E-state index contributed by atoms with van der Waals surface area (Å²) >= 11 is 0. The molecule has 29 heavy (non-hydrogen) atoms. The van der Waals surface area contributed by atoms with Crippen LogP contribution < -0.4 is 5.43 Å². The van der Waals surface area contributed by atoms with Crippen LogP contribution in [0.4, 0.5) is 0 Å². The van der Waals surface area contributed by atoms with E-state index in [0.717, 1.165) is 44.7 Å². The van der Waals surface area contributed by atoms with Crippen LogP contribution in [0.2, 0.25) is 0 Å². The molecule has 0 radical (unpaired) electrons. The molecule has 6 heteroatoms. The van der Waals surface area contributed by atoms with Crippen LogP contribution in [0.1, 0.15) is 28.8 Å². The second kappa shape index (κ2) is 9.30. The van der Waals surface area contributed by atoms with Gasteiger partial charge in [0.05, 0.1) is 25.0 Å². The zero-order valence-electron chi connectivity index (χ0n) is 16.3. The van der Waals surface area contributed by atoms with Crippen molar-refractivity contribution in [2.75, 3.05) is 26.3 Å². The molecule has 6 nitrogen and oxygen atoms in total. The van der Waals surface area contributed by atoms with Crippen LogP contribution in [0.25, 0.3) is 6.08 Å². The Morgan fingerprint density at radius 3 is 2.69 bits per heavy atom. The van der Waals surface area contributed by atoms with Crippen LogP contribution in [-0.2, 0) is 4.74 Å². The van der Waals surface area contributed by atoms with Crippen molar-refractivity contribution >= 4 is 18.2 Å². The van der Waals surface area contributed by atoms with Gasteiger partial charge >= 0.3 is 0 Å². The van der Waals surface area contributed by atoms with Gasteiger partial charge in [0.15, 0.2) is 0 Å². The average Bonchev–Trinajstić information content (AvgIpc) is 3.18. The Morgan fingerprint density at radius 1 is 1.10 bits per heavy atom. The Hall–Kier alpha value is -3.25. The van der Waals surface area contributed by atoms with Gasteiger partial charge in [-0.25, -0.2) is 5.43 Å². The van der Waals surface area contributed by atoms with Gasteiger partial charge in [0, 0.05) is 31.2 Å². The summed E-state index contributed by atoms with van der Waals surface area (Å²) in [5.41, 5.74) is 7.95. The molecule has 0 spiro atoms. The Balaban J connectivity index is 1.56. The minimum absolute atomic E-state index is 0.263. The molecule has 2 aliphatic rings. The summed E-state index contributed by atoms with van der Waals surface area (Å²) in [5, 5.41) is 4.22. The molecule has 0 unspecified atom stereocenters. The van der Waals surface area contributed by atoms with Gasteiger partial charge in [-0.05, 0) is 47.8 Å². The summed E-state index contributed by atoms with van der Waals surface area (Å²) in [7, 11) is 0. The zero-order chi connectivity index (χ0) is 19.9. The predicted molar refractivity (Wildman–Crippen MR) is 113 cm³/mol. The molecule has 1 amide bonds. The molecular weight excluding hydrogens is 364 g/mol. The van der Waals surface area contributed by atoms with Crippen LogP contribution in [0.5, 0.6) is 0 Å². The van der Waals surface area contributed by atoms with Crippen LogP contribution >= 0.6 is 0 Å². The SMILES string of the molecule is O=C(N/N=C\C1=C(N2CCOCC2)C(=C\c2ccccc2)/CC1)c1cccnc1. The number of carbonyl (C=O) groups is 1. The fourth-order valence-corrected chi connectivity index (χ4v) is 3.65. The second-order valence-electron chi connectivity index (χ2n) is 6.99. The molecular formula is C23H24N4O2. The van der Waals surface area contributed by atoms with Gasteiger partial charge in [-0.15, -0.1) is 0 Å². The number of hydrazone groups is 1. The molecule has 2 heterocycles. The van der Waals surface area contributed by atoms with Crippen molar-refractivity contribution in [1.29, 1.82) is 0 Å². The molecule has 0 bridgehead atoms. The Morgan fingerprint density at radius 2 is 1.93 bits per heavy atom. The number of pyridine rings is 1. The van der Waals surface area contributed by atoms with Crippen molar-refractivity contribution in [2.45, 2.75) is 12.8 Å². The number of nitrogens with zero attached hydrogens (tertiary/aromatic N) is 3. The first-order chi connectivity index (χ1) is 14.3. The van der Waals surface area contributed by atoms with Crippen LogP contribution in [0.3, 0.4) is 0 Å².